The van der Waals surface area contributed by atoms with E-state index in [-0.39, 0.29) is 17.2 Å². The number of benzene rings is 2. The Morgan fingerprint density at radius 1 is 1.10 bits per heavy atom. The van der Waals surface area contributed by atoms with Crippen LogP contribution < -0.4 is 10.1 Å². The summed E-state index contributed by atoms with van der Waals surface area (Å²) in [4.78, 5) is 18.4. The van der Waals surface area contributed by atoms with Crippen molar-refractivity contribution < 1.29 is 14.6 Å². The Hall–Kier alpha value is -3.56. The second kappa shape index (κ2) is 9.96. The lowest BCUT2D eigenvalue weighted by molar-refractivity contribution is 0.196. The van der Waals surface area contributed by atoms with Gasteiger partial charge in [0.25, 0.3) is 0 Å². The Kier molecular flexibility index (Phi) is 7.11. The van der Waals surface area contributed by atoms with E-state index in [0.29, 0.717) is 12.3 Å². The first-order valence-corrected chi connectivity index (χ1v) is 9.99. The fraction of sp³-hybridized carbons (Fsp3) is 0.208. The van der Waals surface area contributed by atoms with Crippen LogP contribution in [0, 0.1) is 11.8 Å². The first-order chi connectivity index (χ1) is 14.8. The largest absolute Gasteiger partial charge is 0.487 e. The monoisotopic (exact) mass is 435 g/mol. The molecule has 2 aromatic carbocycles. The highest BCUT2D eigenvalue weighted by atomic mass is 35.5. The van der Waals surface area contributed by atoms with Gasteiger partial charge in [-0.25, -0.2) is 14.8 Å². The molecule has 0 aliphatic carbocycles. The molecule has 0 atom stereocenters. The molecule has 0 aliphatic rings. The molecule has 0 spiro atoms. The lowest BCUT2D eigenvalue weighted by Gasteiger charge is -2.26. The minimum absolute atomic E-state index is 0.0985. The van der Waals surface area contributed by atoms with Gasteiger partial charge < -0.3 is 15.2 Å². The predicted octanol–water partition coefficient (Wildman–Crippen LogP) is 4.65. The molecule has 0 fully saturated rings. The average Bonchev–Trinajstić information content (AvgIpc) is 2.76. The highest BCUT2D eigenvalue weighted by molar-refractivity contribution is 6.28. The molecule has 158 valence electrons. The molecule has 1 amide bonds. The number of amides is 1. The molecule has 7 heteroatoms. The van der Waals surface area contributed by atoms with Gasteiger partial charge >= 0.3 is 6.09 Å². The Morgan fingerprint density at radius 3 is 2.35 bits per heavy atom. The van der Waals surface area contributed by atoms with Gasteiger partial charge in [0.2, 0.25) is 5.28 Å². The molecule has 6 nitrogen and oxygen atoms in total. The van der Waals surface area contributed by atoms with Crippen molar-refractivity contribution in [3.8, 4) is 17.6 Å². The highest BCUT2D eigenvalue weighted by Crippen LogP contribution is 2.32. The fourth-order valence-electron chi connectivity index (χ4n) is 2.98. The van der Waals surface area contributed by atoms with Gasteiger partial charge in [-0.3, -0.25) is 0 Å². The van der Waals surface area contributed by atoms with Crippen LogP contribution in [0.3, 0.4) is 0 Å². The van der Waals surface area contributed by atoms with Crippen LogP contribution in [0.15, 0.2) is 60.8 Å². The molecule has 0 bridgehead atoms. The van der Waals surface area contributed by atoms with Gasteiger partial charge in [-0.05, 0) is 53.1 Å². The molecular formula is C24H22ClN3O3. The quantitative estimate of drug-likeness (QED) is 0.434. The zero-order valence-electron chi connectivity index (χ0n) is 17.2. The Balaban J connectivity index is 1.65. The number of hydrogen-bond acceptors (Lipinski definition) is 4. The second-order valence-electron chi connectivity index (χ2n) is 7.29. The summed E-state index contributed by atoms with van der Waals surface area (Å²) in [5.74, 6) is 6.48. The molecule has 0 radical (unpaired) electrons. The Bertz CT molecular complexity index is 1100. The zero-order valence-corrected chi connectivity index (χ0v) is 18.0. The van der Waals surface area contributed by atoms with Crippen molar-refractivity contribution in [2.75, 3.05) is 6.54 Å². The van der Waals surface area contributed by atoms with Gasteiger partial charge in [-0.1, -0.05) is 50.0 Å². The highest BCUT2D eigenvalue weighted by Gasteiger charge is 2.23. The standard InChI is InChI=1S/C24H22ClN3O3/c1-24(2,18-7-5-17(6-8-18)4-3-14-27-23(29)30)19-9-11-21(12-10-19)31-16-20-13-15-26-22(25)28-20/h5-13,15,27H,14,16H2,1-2H3,(H,29,30). The van der Waals surface area contributed by atoms with Crippen LogP contribution in [0.4, 0.5) is 4.79 Å². The van der Waals surface area contributed by atoms with E-state index in [4.69, 9.17) is 21.4 Å². The van der Waals surface area contributed by atoms with Crippen LogP contribution in [-0.2, 0) is 12.0 Å². The van der Waals surface area contributed by atoms with E-state index in [1.165, 1.54) is 0 Å². The molecule has 31 heavy (non-hydrogen) atoms. The Labute approximate surface area is 186 Å². The topological polar surface area (TPSA) is 84.3 Å². The maximum Gasteiger partial charge on any atom is 0.405 e. The fourth-order valence-corrected chi connectivity index (χ4v) is 3.14. The van der Waals surface area contributed by atoms with Crippen molar-refractivity contribution >= 4 is 17.7 Å². The SMILES string of the molecule is CC(C)(c1ccc(C#CCNC(=O)O)cc1)c1ccc(OCc2ccnc(Cl)n2)cc1. The average molecular weight is 436 g/mol. The summed E-state index contributed by atoms with van der Waals surface area (Å²) < 4.78 is 5.79. The van der Waals surface area contributed by atoms with Gasteiger partial charge in [0.05, 0.1) is 12.2 Å². The smallest absolute Gasteiger partial charge is 0.405 e. The van der Waals surface area contributed by atoms with E-state index in [0.717, 1.165) is 22.4 Å². The van der Waals surface area contributed by atoms with Crippen LogP contribution in [0.25, 0.3) is 0 Å². The lowest BCUT2D eigenvalue weighted by atomic mass is 9.78. The molecule has 0 unspecified atom stereocenters. The van der Waals surface area contributed by atoms with Crippen molar-refractivity contribution in [2.45, 2.75) is 25.9 Å². The molecule has 2 N–H and O–H groups in total. The number of aromatic nitrogens is 2. The minimum Gasteiger partial charge on any atom is -0.487 e. The summed E-state index contributed by atoms with van der Waals surface area (Å²) in [6, 6.07) is 17.7. The van der Waals surface area contributed by atoms with Crippen molar-refractivity contribution in [3.63, 3.8) is 0 Å². The van der Waals surface area contributed by atoms with E-state index in [1.807, 2.05) is 48.5 Å². The first kappa shape index (κ1) is 22.1. The number of carboxylic acid groups (broad SMARTS) is 1. The zero-order chi connectivity index (χ0) is 22.3. The molecule has 0 saturated heterocycles. The van der Waals surface area contributed by atoms with Crippen molar-refractivity contribution in [1.82, 2.24) is 15.3 Å². The van der Waals surface area contributed by atoms with Crippen molar-refractivity contribution in [2.24, 2.45) is 0 Å². The third-order valence-electron chi connectivity index (χ3n) is 4.81. The summed E-state index contributed by atoms with van der Waals surface area (Å²) >= 11 is 5.80. The molecular weight excluding hydrogens is 414 g/mol. The number of ether oxygens (including phenoxy) is 1. The second-order valence-corrected chi connectivity index (χ2v) is 7.63. The predicted molar refractivity (Wildman–Crippen MR) is 119 cm³/mol. The van der Waals surface area contributed by atoms with Gasteiger partial charge in [0.15, 0.2) is 0 Å². The third-order valence-corrected chi connectivity index (χ3v) is 5.00. The van der Waals surface area contributed by atoms with Crippen LogP contribution in [0.5, 0.6) is 5.75 Å². The number of nitrogens with zero attached hydrogens (tertiary/aromatic N) is 2. The molecule has 1 aromatic heterocycles. The summed E-state index contributed by atoms with van der Waals surface area (Å²) in [6.07, 6.45) is 0.518. The molecule has 3 rings (SSSR count). The molecule has 1 heterocycles. The van der Waals surface area contributed by atoms with E-state index < -0.39 is 6.09 Å². The van der Waals surface area contributed by atoms with Gasteiger partial charge in [-0.15, -0.1) is 0 Å². The van der Waals surface area contributed by atoms with Crippen LogP contribution >= 0.6 is 11.6 Å². The van der Waals surface area contributed by atoms with E-state index in [1.54, 1.807) is 12.3 Å². The van der Waals surface area contributed by atoms with Crippen molar-refractivity contribution in [3.05, 3.63) is 88.5 Å². The van der Waals surface area contributed by atoms with E-state index in [2.05, 4.69) is 41.0 Å². The third kappa shape index (κ3) is 6.21. The first-order valence-electron chi connectivity index (χ1n) is 9.61. The lowest BCUT2D eigenvalue weighted by Crippen LogP contribution is -2.20. The molecule has 0 saturated carbocycles. The summed E-state index contributed by atoms with van der Waals surface area (Å²) in [5.41, 5.74) is 3.63. The van der Waals surface area contributed by atoms with Crippen LogP contribution in [0.2, 0.25) is 5.28 Å². The minimum atomic E-state index is -1.08. The molecule has 0 aliphatic heterocycles. The Morgan fingerprint density at radius 2 is 1.74 bits per heavy atom. The maximum absolute atomic E-state index is 10.4. The number of hydrogen-bond donors (Lipinski definition) is 2. The number of rotatable bonds is 6. The van der Waals surface area contributed by atoms with E-state index in [9.17, 15) is 4.79 Å². The normalized spacial score (nSPS) is 10.7. The number of carbonyl (C=O) groups is 1. The van der Waals surface area contributed by atoms with E-state index >= 15 is 0 Å². The number of halogens is 1. The molecule has 3 aromatic rings. The van der Waals surface area contributed by atoms with Gasteiger partial charge in [0, 0.05) is 17.2 Å². The summed E-state index contributed by atoms with van der Waals surface area (Å²) in [6.45, 7) is 4.73. The number of nitrogens with one attached hydrogen (secondary N) is 1. The van der Waals surface area contributed by atoms with Crippen LogP contribution in [0.1, 0.15) is 36.2 Å². The van der Waals surface area contributed by atoms with Crippen molar-refractivity contribution in [1.29, 1.82) is 0 Å². The maximum atomic E-state index is 10.4. The van der Waals surface area contributed by atoms with Gasteiger partial charge in [-0.2, -0.15) is 0 Å². The summed E-state index contributed by atoms with van der Waals surface area (Å²) in [7, 11) is 0. The van der Waals surface area contributed by atoms with Gasteiger partial charge in [0.1, 0.15) is 12.4 Å². The van der Waals surface area contributed by atoms with Crippen LogP contribution in [-0.4, -0.2) is 27.7 Å². The summed E-state index contributed by atoms with van der Waals surface area (Å²) in [5, 5.41) is 11.0.